The monoisotopic (exact) mass is 579 g/mol. The van der Waals surface area contributed by atoms with Gasteiger partial charge in [0.05, 0.1) is 17.7 Å². The van der Waals surface area contributed by atoms with Gasteiger partial charge in [-0.05, 0) is 55.7 Å². The zero-order valence-electron chi connectivity index (χ0n) is 21.8. The number of aromatic carboxylic acids is 1. The maximum atomic E-state index is 13.9. The van der Waals surface area contributed by atoms with E-state index in [1.54, 1.807) is 24.5 Å². The third-order valence-electron chi connectivity index (χ3n) is 6.13. The first-order valence-corrected chi connectivity index (χ1v) is 12.6. The summed E-state index contributed by atoms with van der Waals surface area (Å²) < 4.78 is 79.5. The van der Waals surface area contributed by atoms with Crippen LogP contribution in [0.25, 0.3) is 21.7 Å². The molecule has 4 aromatic rings. The molecule has 4 rings (SSSR count). The lowest BCUT2D eigenvalue weighted by Gasteiger charge is -2.15. The van der Waals surface area contributed by atoms with E-state index < -0.39 is 29.7 Å². The van der Waals surface area contributed by atoms with Gasteiger partial charge in [0.15, 0.2) is 11.6 Å². The van der Waals surface area contributed by atoms with Crippen molar-refractivity contribution in [3.8, 4) is 11.6 Å². The highest BCUT2D eigenvalue weighted by molar-refractivity contribution is 6.08. The number of ether oxygens (including phenoxy) is 3. The highest BCUT2D eigenvalue weighted by Crippen LogP contribution is 2.31. The van der Waals surface area contributed by atoms with Gasteiger partial charge in [0.1, 0.15) is 6.61 Å². The minimum absolute atomic E-state index is 0.0478. The molecule has 8 nitrogen and oxygen atoms in total. The maximum Gasteiger partial charge on any atom is 0.573 e. The molecule has 0 aliphatic rings. The number of hydrogen-bond donors (Lipinski definition) is 2. The Morgan fingerprint density at radius 3 is 2.49 bits per heavy atom. The van der Waals surface area contributed by atoms with Crippen molar-refractivity contribution in [2.45, 2.75) is 38.7 Å². The summed E-state index contributed by atoms with van der Waals surface area (Å²) in [5.74, 6) is -5.07. The smallest absolute Gasteiger partial charge is 0.478 e. The number of halogens is 5. The van der Waals surface area contributed by atoms with Gasteiger partial charge in [0, 0.05) is 47.7 Å². The second-order valence-electron chi connectivity index (χ2n) is 9.20. The van der Waals surface area contributed by atoms with Crippen molar-refractivity contribution in [1.82, 2.24) is 15.3 Å². The van der Waals surface area contributed by atoms with Crippen LogP contribution in [0.4, 0.5) is 22.0 Å². The molecule has 2 heterocycles. The number of aromatic nitrogens is 2. The predicted molar refractivity (Wildman–Crippen MR) is 139 cm³/mol. The van der Waals surface area contributed by atoms with Crippen LogP contribution in [0.15, 0.2) is 48.8 Å². The van der Waals surface area contributed by atoms with Crippen LogP contribution in [0.2, 0.25) is 0 Å². The van der Waals surface area contributed by atoms with Crippen molar-refractivity contribution < 1.29 is 46.1 Å². The predicted octanol–water partition coefficient (Wildman–Crippen LogP) is 6.01. The minimum atomic E-state index is -5.20. The van der Waals surface area contributed by atoms with Gasteiger partial charge < -0.3 is 24.6 Å². The number of alkyl halides is 3. The van der Waals surface area contributed by atoms with Gasteiger partial charge in [-0.2, -0.15) is 0 Å². The fraction of sp³-hybridized carbons (Fsp3) is 0.321. The third kappa shape index (κ3) is 7.98. The van der Waals surface area contributed by atoms with E-state index in [0.29, 0.717) is 30.8 Å². The SMILES string of the molecule is C[C@@H](CCCOCCOc1nc2cc(C(=O)O)ccc2c2cnccc12)NCc1cc(F)c(OC(F)(F)F)c(F)c1. The third-order valence-corrected chi connectivity index (χ3v) is 6.13. The van der Waals surface area contributed by atoms with Crippen LogP contribution in [0, 0.1) is 11.6 Å². The standard InChI is InChI=1S/C28H26F5N3O5/c1-16(35-14-17-11-22(29)25(23(30)12-17)41-28(31,32)33)3-2-8-39-9-10-40-26-20-6-7-34-15-21(20)19-5-4-18(27(37)38)13-24(19)36-26/h4-7,11-13,15-16,35H,2-3,8-10,14H2,1H3,(H,37,38)/t16-/m0/s1. The van der Waals surface area contributed by atoms with E-state index in [-0.39, 0.29) is 36.9 Å². The zero-order chi connectivity index (χ0) is 29.6. The van der Waals surface area contributed by atoms with Crippen LogP contribution < -0.4 is 14.8 Å². The summed E-state index contributed by atoms with van der Waals surface area (Å²) in [4.78, 5) is 20.0. The van der Waals surface area contributed by atoms with E-state index in [9.17, 15) is 31.9 Å². The van der Waals surface area contributed by atoms with Crippen molar-refractivity contribution in [1.29, 1.82) is 0 Å². The summed E-state index contributed by atoms with van der Waals surface area (Å²) in [6.07, 6.45) is -0.586. The molecule has 0 saturated carbocycles. The fourth-order valence-electron chi connectivity index (χ4n) is 4.17. The maximum absolute atomic E-state index is 13.9. The quantitative estimate of drug-likeness (QED) is 0.113. The van der Waals surface area contributed by atoms with E-state index in [2.05, 4.69) is 20.0 Å². The lowest BCUT2D eigenvalue weighted by molar-refractivity contribution is -0.276. The normalized spacial score (nSPS) is 12.5. The first kappa shape index (κ1) is 29.9. The van der Waals surface area contributed by atoms with Gasteiger partial charge in [-0.25, -0.2) is 18.6 Å². The molecule has 0 aliphatic heterocycles. The number of hydrogen-bond acceptors (Lipinski definition) is 7. The van der Waals surface area contributed by atoms with Gasteiger partial charge in [0.25, 0.3) is 0 Å². The summed E-state index contributed by atoms with van der Waals surface area (Å²) in [6, 6.07) is 7.97. The first-order valence-electron chi connectivity index (χ1n) is 12.6. The Kier molecular flexibility index (Phi) is 9.50. The number of fused-ring (bicyclic) bond motifs is 3. The molecule has 13 heteroatoms. The largest absolute Gasteiger partial charge is 0.573 e. The lowest BCUT2D eigenvalue weighted by Crippen LogP contribution is -2.26. The molecule has 2 N–H and O–H groups in total. The number of carboxylic acid groups (broad SMARTS) is 1. The Morgan fingerprint density at radius 2 is 1.78 bits per heavy atom. The highest BCUT2D eigenvalue weighted by Gasteiger charge is 2.34. The average molecular weight is 580 g/mol. The molecule has 41 heavy (non-hydrogen) atoms. The summed E-state index contributed by atoms with van der Waals surface area (Å²) >= 11 is 0. The Labute approximate surface area is 231 Å². The summed E-state index contributed by atoms with van der Waals surface area (Å²) in [6.45, 7) is 2.80. The minimum Gasteiger partial charge on any atom is -0.478 e. The van der Waals surface area contributed by atoms with Crippen molar-refractivity contribution in [2.75, 3.05) is 19.8 Å². The van der Waals surface area contributed by atoms with Gasteiger partial charge in [0.2, 0.25) is 11.6 Å². The van der Waals surface area contributed by atoms with Crippen molar-refractivity contribution >= 4 is 27.6 Å². The molecular weight excluding hydrogens is 553 g/mol. The van der Waals surface area contributed by atoms with Crippen LogP contribution in [0.5, 0.6) is 11.6 Å². The molecule has 2 aromatic carbocycles. The second kappa shape index (κ2) is 13.0. The fourth-order valence-corrected chi connectivity index (χ4v) is 4.17. The number of nitrogens with zero attached hydrogens (tertiary/aromatic N) is 2. The van der Waals surface area contributed by atoms with Crippen LogP contribution in [0.3, 0.4) is 0 Å². The molecule has 0 bridgehead atoms. The van der Waals surface area contributed by atoms with E-state index in [1.165, 1.54) is 12.1 Å². The Bertz CT molecular complexity index is 1510. The van der Waals surface area contributed by atoms with Crippen molar-refractivity contribution in [3.05, 3.63) is 71.6 Å². The van der Waals surface area contributed by atoms with E-state index in [4.69, 9.17) is 9.47 Å². The molecule has 0 radical (unpaired) electrons. The number of carbonyl (C=O) groups is 1. The zero-order valence-corrected chi connectivity index (χ0v) is 21.8. The lowest BCUT2D eigenvalue weighted by atomic mass is 10.1. The van der Waals surface area contributed by atoms with E-state index in [1.807, 2.05) is 6.92 Å². The number of pyridine rings is 2. The molecule has 1 atom stereocenters. The van der Waals surface area contributed by atoms with Gasteiger partial charge >= 0.3 is 12.3 Å². The number of benzene rings is 2. The molecule has 0 unspecified atom stereocenters. The Hall–Kier alpha value is -4.10. The van der Waals surface area contributed by atoms with Gasteiger partial charge in [-0.3, -0.25) is 4.98 Å². The summed E-state index contributed by atoms with van der Waals surface area (Å²) in [7, 11) is 0. The second-order valence-corrected chi connectivity index (χ2v) is 9.20. The first-order chi connectivity index (χ1) is 19.5. The van der Waals surface area contributed by atoms with Gasteiger partial charge in [-0.1, -0.05) is 6.07 Å². The number of nitrogens with one attached hydrogen (secondary N) is 1. The molecule has 0 spiro atoms. The molecule has 0 fully saturated rings. The highest BCUT2D eigenvalue weighted by atomic mass is 19.4. The topological polar surface area (TPSA) is 103 Å². The molecule has 0 saturated heterocycles. The molecular formula is C28H26F5N3O5. The number of carboxylic acids is 1. The Morgan fingerprint density at radius 1 is 1.02 bits per heavy atom. The van der Waals surface area contributed by atoms with Crippen LogP contribution in [-0.4, -0.2) is 53.3 Å². The molecule has 2 aromatic heterocycles. The van der Waals surface area contributed by atoms with E-state index >= 15 is 0 Å². The Balaban J connectivity index is 1.21. The number of rotatable bonds is 13. The van der Waals surface area contributed by atoms with Crippen molar-refractivity contribution in [2.24, 2.45) is 0 Å². The van der Waals surface area contributed by atoms with E-state index in [0.717, 1.165) is 28.3 Å². The van der Waals surface area contributed by atoms with Crippen LogP contribution in [-0.2, 0) is 11.3 Å². The van der Waals surface area contributed by atoms with Crippen molar-refractivity contribution in [3.63, 3.8) is 0 Å². The molecule has 0 amide bonds. The molecule has 218 valence electrons. The van der Waals surface area contributed by atoms with Gasteiger partial charge in [-0.15, -0.1) is 13.2 Å². The summed E-state index contributed by atoms with van der Waals surface area (Å²) in [5.41, 5.74) is 0.720. The van der Waals surface area contributed by atoms with Crippen LogP contribution >= 0.6 is 0 Å². The average Bonchev–Trinajstić information content (AvgIpc) is 2.92. The van der Waals surface area contributed by atoms with Crippen LogP contribution in [0.1, 0.15) is 35.7 Å². The molecule has 0 aliphatic carbocycles. The summed E-state index contributed by atoms with van der Waals surface area (Å²) in [5, 5.41) is 14.6.